The van der Waals surface area contributed by atoms with Crippen molar-refractivity contribution in [2.75, 3.05) is 5.32 Å². The van der Waals surface area contributed by atoms with E-state index >= 15 is 0 Å². The maximum Gasteiger partial charge on any atom is 0.0516 e. The van der Waals surface area contributed by atoms with Gasteiger partial charge < -0.3 is 5.32 Å². The second kappa shape index (κ2) is 4.79. The predicted octanol–water partition coefficient (Wildman–Crippen LogP) is 4.67. The van der Waals surface area contributed by atoms with Gasteiger partial charge in [0, 0.05) is 10.5 Å². The van der Waals surface area contributed by atoms with E-state index in [1.165, 1.54) is 40.5 Å². The standard InChI is InChI=1S/C14H20BrN/c1-9-7-11(3)14(12(15)8-9)16-13-6-4-5-10(13)2/h7-8,10,13,16H,4-6H2,1-3H3. The van der Waals surface area contributed by atoms with Crippen LogP contribution in [-0.4, -0.2) is 6.04 Å². The fourth-order valence-electron chi connectivity index (χ4n) is 2.64. The first kappa shape index (κ1) is 12.0. The largest absolute Gasteiger partial charge is 0.381 e. The third kappa shape index (κ3) is 2.42. The Balaban J connectivity index is 2.21. The minimum Gasteiger partial charge on any atom is -0.381 e. The molecule has 1 N–H and O–H groups in total. The fraction of sp³-hybridized carbons (Fsp3) is 0.571. The molecule has 1 aromatic rings. The molecule has 0 radical (unpaired) electrons. The lowest BCUT2D eigenvalue weighted by Gasteiger charge is -2.21. The van der Waals surface area contributed by atoms with Gasteiger partial charge in [-0.15, -0.1) is 0 Å². The lowest BCUT2D eigenvalue weighted by Crippen LogP contribution is -2.22. The number of nitrogens with one attached hydrogen (secondary N) is 1. The Morgan fingerprint density at radius 3 is 2.56 bits per heavy atom. The van der Waals surface area contributed by atoms with Gasteiger partial charge >= 0.3 is 0 Å². The highest BCUT2D eigenvalue weighted by Crippen LogP contribution is 2.33. The van der Waals surface area contributed by atoms with Gasteiger partial charge in [-0.2, -0.15) is 0 Å². The molecule has 2 atom stereocenters. The van der Waals surface area contributed by atoms with Gasteiger partial charge in [0.25, 0.3) is 0 Å². The van der Waals surface area contributed by atoms with Crippen molar-refractivity contribution in [2.24, 2.45) is 5.92 Å². The van der Waals surface area contributed by atoms with Gasteiger partial charge in [0.15, 0.2) is 0 Å². The molecule has 0 bridgehead atoms. The van der Waals surface area contributed by atoms with E-state index in [-0.39, 0.29) is 0 Å². The Bertz CT molecular complexity index is 363. The van der Waals surface area contributed by atoms with Crippen LogP contribution < -0.4 is 5.32 Å². The highest BCUT2D eigenvalue weighted by molar-refractivity contribution is 9.10. The number of aryl methyl sites for hydroxylation is 2. The first-order valence-electron chi connectivity index (χ1n) is 6.11. The number of halogens is 1. The molecule has 0 heterocycles. The van der Waals surface area contributed by atoms with E-state index in [4.69, 9.17) is 0 Å². The number of benzene rings is 1. The Labute approximate surface area is 107 Å². The number of rotatable bonds is 2. The van der Waals surface area contributed by atoms with Crippen molar-refractivity contribution in [2.45, 2.75) is 46.1 Å². The molecule has 0 saturated heterocycles. The van der Waals surface area contributed by atoms with Crippen LogP contribution in [0.5, 0.6) is 0 Å². The summed E-state index contributed by atoms with van der Waals surface area (Å²) in [4.78, 5) is 0. The zero-order chi connectivity index (χ0) is 11.7. The van der Waals surface area contributed by atoms with Gasteiger partial charge in [0.2, 0.25) is 0 Å². The van der Waals surface area contributed by atoms with Gasteiger partial charge in [-0.1, -0.05) is 19.4 Å². The minimum absolute atomic E-state index is 0.651. The molecule has 0 amide bonds. The molecule has 1 nitrogen and oxygen atoms in total. The average molecular weight is 282 g/mol. The van der Waals surface area contributed by atoms with Gasteiger partial charge in [-0.3, -0.25) is 0 Å². The molecule has 1 aromatic carbocycles. The number of anilines is 1. The van der Waals surface area contributed by atoms with Gasteiger partial charge in [-0.05, 0) is 65.7 Å². The second-order valence-corrected chi connectivity index (χ2v) is 5.95. The summed E-state index contributed by atoms with van der Waals surface area (Å²) in [7, 11) is 0. The van der Waals surface area contributed by atoms with Crippen molar-refractivity contribution in [3.8, 4) is 0 Å². The molecule has 88 valence electrons. The number of hydrogen-bond acceptors (Lipinski definition) is 1. The summed E-state index contributed by atoms with van der Waals surface area (Å²) in [6.45, 7) is 6.67. The monoisotopic (exact) mass is 281 g/mol. The van der Waals surface area contributed by atoms with E-state index < -0.39 is 0 Å². The predicted molar refractivity (Wildman–Crippen MR) is 74.0 cm³/mol. The summed E-state index contributed by atoms with van der Waals surface area (Å²) in [5.74, 6) is 0.799. The quantitative estimate of drug-likeness (QED) is 0.831. The summed E-state index contributed by atoms with van der Waals surface area (Å²) in [5.41, 5.74) is 3.93. The van der Waals surface area contributed by atoms with E-state index in [0.29, 0.717) is 6.04 Å². The summed E-state index contributed by atoms with van der Waals surface area (Å²) in [5, 5.41) is 3.71. The Hall–Kier alpha value is -0.500. The minimum atomic E-state index is 0.651. The third-order valence-electron chi connectivity index (χ3n) is 3.62. The van der Waals surface area contributed by atoms with Crippen LogP contribution in [-0.2, 0) is 0 Å². The van der Waals surface area contributed by atoms with Crippen molar-refractivity contribution in [1.82, 2.24) is 0 Å². The van der Waals surface area contributed by atoms with Crippen LogP contribution in [0.2, 0.25) is 0 Å². The molecule has 1 fully saturated rings. The summed E-state index contributed by atoms with van der Waals surface area (Å²) in [6.07, 6.45) is 4.03. The first-order valence-corrected chi connectivity index (χ1v) is 6.90. The topological polar surface area (TPSA) is 12.0 Å². The SMILES string of the molecule is Cc1cc(C)c(NC2CCCC2C)c(Br)c1. The molecule has 1 saturated carbocycles. The van der Waals surface area contributed by atoms with Crippen LogP contribution in [0.3, 0.4) is 0 Å². The molecule has 2 heteroatoms. The van der Waals surface area contributed by atoms with Crippen LogP contribution in [0, 0.1) is 19.8 Å². The van der Waals surface area contributed by atoms with Crippen molar-refractivity contribution in [3.05, 3.63) is 27.7 Å². The lowest BCUT2D eigenvalue weighted by molar-refractivity contribution is 0.556. The molecule has 1 aliphatic carbocycles. The molecular weight excluding hydrogens is 262 g/mol. The van der Waals surface area contributed by atoms with Gasteiger partial charge in [0.1, 0.15) is 0 Å². The summed E-state index contributed by atoms with van der Waals surface area (Å²) in [6, 6.07) is 5.08. The molecule has 16 heavy (non-hydrogen) atoms. The average Bonchev–Trinajstić information content (AvgIpc) is 2.57. The van der Waals surface area contributed by atoms with Crippen molar-refractivity contribution >= 4 is 21.6 Å². The fourth-order valence-corrected chi connectivity index (χ4v) is 3.43. The highest BCUT2D eigenvalue weighted by Gasteiger charge is 2.23. The Kier molecular flexibility index (Phi) is 3.58. The molecule has 0 aromatic heterocycles. The maximum absolute atomic E-state index is 3.71. The smallest absolute Gasteiger partial charge is 0.0516 e. The van der Waals surface area contributed by atoms with E-state index in [9.17, 15) is 0 Å². The van der Waals surface area contributed by atoms with Gasteiger partial charge in [0.05, 0.1) is 5.69 Å². The van der Waals surface area contributed by atoms with Crippen molar-refractivity contribution in [1.29, 1.82) is 0 Å². The molecule has 2 rings (SSSR count). The zero-order valence-electron chi connectivity index (χ0n) is 10.3. The van der Waals surface area contributed by atoms with Crippen LogP contribution in [0.1, 0.15) is 37.3 Å². The van der Waals surface area contributed by atoms with E-state index in [1.807, 2.05) is 0 Å². The van der Waals surface area contributed by atoms with E-state index in [1.54, 1.807) is 0 Å². The first-order chi connectivity index (χ1) is 7.58. The third-order valence-corrected chi connectivity index (χ3v) is 4.25. The molecule has 2 unspecified atom stereocenters. The highest BCUT2D eigenvalue weighted by atomic mass is 79.9. The maximum atomic E-state index is 3.71. The van der Waals surface area contributed by atoms with E-state index in [2.05, 4.69) is 54.2 Å². The van der Waals surface area contributed by atoms with Crippen molar-refractivity contribution < 1.29 is 0 Å². The van der Waals surface area contributed by atoms with Crippen LogP contribution >= 0.6 is 15.9 Å². The number of hydrogen-bond donors (Lipinski definition) is 1. The summed E-state index contributed by atoms with van der Waals surface area (Å²) < 4.78 is 1.20. The van der Waals surface area contributed by atoms with Crippen LogP contribution in [0.15, 0.2) is 16.6 Å². The molecule has 0 spiro atoms. The lowest BCUT2D eigenvalue weighted by atomic mass is 10.0. The zero-order valence-corrected chi connectivity index (χ0v) is 11.9. The van der Waals surface area contributed by atoms with Crippen LogP contribution in [0.25, 0.3) is 0 Å². The molecular formula is C14H20BrN. The Morgan fingerprint density at radius 1 is 1.25 bits per heavy atom. The van der Waals surface area contributed by atoms with Crippen molar-refractivity contribution in [3.63, 3.8) is 0 Å². The summed E-state index contributed by atoms with van der Waals surface area (Å²) >= 11 is 3.66. The molecule has 0 aliphatic heterocycles. The van der Waals surface area contributed by atoms with Gasteiger partial charge in [-0.25, -0.2) is 0 Å². The normalized spacial score (nSPS) is 24.8. The van der Waals surface area contributed by atoms with E-state index in [0.717, 1.165) is 5.92 Å². The molecule has 1 aliphatic rings. The van der Waals surface area contributed by atoms with Crippen LogP contribution in [0.4, 0.5) is 5.69 Å². The Morgan fingerprint density at radius 2 is 2.00 bits per heavy atom. The second-order valence-electron chi connectivity index (χ2n) is 5.10.